The van der Waals surface area contributed by atoms with Gasteiger partial charge in [0.15, 0.2) is 0 Å². The number of carbonyl (C=O) groups is 3. The lowest BCUT2D eigenvalue weighted by Gasteiger charge is -2.20. The number of hydrogen-bond donors (Lipinski definition) is 2. The van der Waals surface area contributed by atoms with Gasteiger partial charge in [0.1, 0.15) is 0 Å². The number of benzene rings is 1. The van der Waals surface area contributed by atoms with Crippen LogP contribution in [0.4, 0.5) is 11.4 Å². The molecule has 3 N–H and O–H groups in total. The molecule has 0 bridgehead atoms. The van der Waals surface area contributed by atoms with E-state index >= 15 is 0 Å². The zero-order chi connectivity index (χ0) is 17.1. The first-order chi connectivity index (χ1) is 10.8. The molecule has 0 aromatic heterocycles. The molecule has 1 aromatic carbocycles. The Morgan fingerprint density at radius 3 is 2.38 bits per heavy atom. The predicted molar refractivity (Wildman–Crippen MR) is 96.2 cm³/mol. The third-order valence-corrected chi connectivity index (χ3v) is 4.32. The molecule has 1 fully saturated rings. The highest BCUT2D eigenvalue weighted by Crippen LogP contribution is 2.28. The number of imide groups is 1. The third-order valence-electron chi connectivity index (χ3n) is 4.32. The number of nitrogens with one attached hydrogen (secondary N) is 1. The van der Waals surface area contributed by atoms with Crippen LogP contribution in [0.1, 0.15) is 38.7 Å². The van der Waals surface area contributed by atoms with Crippen molar-refractivity contribution in [3.05, 3.63) is 23.8 Å². The second kappa shape index (κ2) is 8.26. The average molecular weight is 354 g/mol. The van der Waals surface area contributed by atoms with Crippen LogP contribution in [0.15, 0.2) is 18.2 Å². The van der Waals surface area contributed by atoms with Gasteiger partial charge in [-0.25, -0.2) is 0 Å². The Bertz CT molecular complexity index is 632. The van der Waals surface area contributed by atoms with Crippen LogP contribution >= 0.6 is 12.4 Å². The summed E-state index contributed by atoms with van der Waals surface area (Å²) in [6, 6.07) is 4.54. The summed E-state index contributed by atoms with van der Waals surface area (Å²) in [4.78, 5) is 37.0. The molecule has 1 heterocycles. The van der Waals surface area contributed by atoms with Crippen LogP contribution in [-0.4, -0.2) is 23.8 Å². The zero-order valence-corrected chi connectivity index (χ0v) is 15.0. The topological polar surface area (TPSA) is 92.5 Å². The Kier molecular flexibility index (Phi) is 6.93. The summed E-state index contributed by atoms with van der Waals surface area (Å²) in [6.07, 6.45) is 1.33. The molecule has 1 aliphatic rings. The fraction of sp³-hybridized carbons (Fsp3) is 0.471. The van der Waals surface area contributed by atoms with Crippen molar-refractivity contribution < 1.29 is 14.4 Å². The molecule has 1 aliphatic heterocycles. The van der Waals surface area contributed by atoms with Crippen LogP contribution < -0.4 is 16.0 Å². The van der Waals surface area contributed by atoms with E-state index in [4.69, 9.17) is 5.73 Å². The number of nitrogens with zero attached hydrogens (tertiary/aromatic N) is 1. The van der Waals surface area contributed by atoms with Crippen LogP contribution in [-0.2, 0) is 14.4 Å². The minimum absolute atomic E-state index is 0. The van der Waals surface area contributed by atoms with Gasteiger partial charge >= 0.3 is 0 Å². The second-order valence-corrected chi connectivity index (χ2v) is 6.02. The van der Waals surface area contributed by atoms with Crippen LogP contribution in [0.3, 0.4) is 0 Å². The van der Waals surface area contributed by atoms with Gasteiger partial charge in [0.2, 0.25) is 17.7 Å². The van der Waals surface area contributed by atoms with E-state index in [0.717, 1.165) is 12.0 Å². The Labute approximate surface area is 148 Å². The van der Waals surface area contributed by atoms with E-state index in [9.17, 15) is 14.4 Å². The fourth-order valence-corrected chi connectivity index (χ4v) is 2.57. The minimum Gasteiger partial charge on any atom is -0.325 e. The SMILES string of the molecule is CCC(C)C(N)C(=O)Nc1ccc(N2C(=O)CCC2=O)c(C)c1.Cl. The molecule has 1 saturated heterocycles. The molecule has 24 heavy (non-hydrogen) atoms. The summed E-state index contributed by atoms with van der Waals surface area (Å²) in [6.45, 7) is 5.72. The van der Waals surface area contributed by atoms with Gasteiger partial charge in [-0.3, -0.25) is 19.3 Å². The predicted octanol–water partition coefficient (Wildman–Crippen LogP) is 2.38. The monoisotopic (exact) mass is 353 g/mol. The maximum atomic E-state index is 12.1. The molecule has 3 amide bonds. The van der Waals surface area contributed by atoms with Crippen LogP contribution in [0.25, 0.3) is 0 Å². The summed E-state index contributed by atoms with van der Waals surface area (Å²) >= 11 is 0. The molecule has 6 nitrogen and oxygen atoms in total. The summed E-state index contributed by atoms with van der Waals surface area (Å²) in [5, 5.41) is 2.79. The first-order valence-electron chi connectivity index (χ1n) is 7.88. The Morgan fingerprint density at radius 1 is 1.29 bits per heavy atom. The Balaban J connectivity index is 0.00000288. The molecule has 0 radical (unpaired) electrons. The lowest BCUT2D eigenvalue weighted by molar-refractivity contribution is -0.121. The fourth-order valence-electron chi connectivity index (χ4n) is 2.57. The minimum atomic E-state index is -0.568. The normalized spacial score (nSPS) is 16.6. The molecule has 0 spiro atoms. The van der Waals surface area contributed by atoms with E-state index < -0.39 is 6.04 Å². The smallest absolute Gasteiger partial charge is 0.241 e. The summed E-state index contributed by atoms with van der Waals surface area (Å²) in [5.74, 6) is -0.516. The Hall–Kier alpha value is -1.92. The quantitative estimate of drug-likeness (QED) is 0.795. The van der Waals surface area contributed by atoms with Gasteiger partial charge in [-0.1, -0.05) is 20.3 Å². The largest absolute Gasteiger partial charge is 0.325 e. The maximum Gasteiger partial charge on any atom is 0.241 e. The van der Waals surface area contributed by atoms with Crippen LogP contribution in [0.2, 0.25) is 0 Å². The highest BCUT2D eigenvalue weighted by Gasteiger charge is 2.31. The number of anilines is 2. The van der Waals surface area contributed by atoms with Gasteiger partial charge in [0.25, 0.3) is 0 Å². The molecule has 0 saturated carbocycles. The van der Waals surface area contributed by atoms with E-state index in [2.05, 4.69) is 5.32 Å². The molecular formula is C17H24ClN3O3. The second-order valence-electron chi connectivity index (χ2n) is 6.02. The number of hydrogen-bond acceptors (Lipinski definition) is 4. The van der Waals surface area contributed by atoms with E-state index in [-0.39, 0.29) is 48.9 Å². The van der Waals surface area contributed by atoms with Crippen molar-refractivity contribution in [1.82, 2.24) is 0 Å². The van der Waals surface area contributed by atoms with Gasteiger partial charge < -0.3 is 11.1 Å². The van der Waals surface area contributed by atoms with Crippen molar-refractivity contribution in [2.75, 3.05) is 10.2 Å². The first kappa shape index (κ1) is 20.1. The number of rotatable bonds is 5. The van der Waals surface area contributed by atoms with Gasteiger partial charge in [-0.2, -0.15) is 0 Å². The highest BCUT2D eigenvalue weighted by atomic mass is 35.5. The van der Waals surface area contributed by atoms with E-state index in [1.54, 1.807) is 25.1 Å². The lowest BCUT2D eigenvalue weighted by atomic mass is 9.99. The molecule has 1 aromatic rings. The first-order valence-corrected chi connectivity index (χ1v) is 7.88. The van der Waals surface area contributed by atoms with Crippen molar-refractivity contribution in [1.29, 1.82) is 0 Å². The Morgan fingerprint density at radius 2 is 1.88 bits per heavy atom. The van der Waals surface area contributed by atoms with Crippen molar-refractivity contribution in [2.24, 2.45) is 11.7 Å². The van der Waals surface area contributed by atoms with Gasteiger partial charge in [-0.15, -0.1) is 12.4 Å². The molecular weight excluding hydrogens is 330 g/mol. The molecule has 132 valence electrons. The molecule has 2 atom stereocenters. The number of aryl methyl sites for hydroxylation is 1. The molecule has 2 rings (SSSR count). The number of carbonyl (C=O) groups excluding carboxylic acids is 3. The van der Waals surface area contributed by atoms with Gasteiger partial charge in [-0.05, 0) is 36.6 Å². The van der Waals surface area contributed by atoms with E-state index in [1.807, 2.05) is 13.8 Å². The number of amides is 3. The van der Waals surface area contributed by atoms with Crippen molar-refractivity contribution in [3.8, 4) is 0 Å². The highest BCUT2D eigenvalue weighted by molar-refractivity contribution is 6.20. The third kappa shape index (κ3) is 4.13. The van der Waals surface area contributed by atoms with Gasteiger partial charge in [0, 0.05) is 18.5 Å². The summed E-state index contributed by atoms with van der Waals surface area (Å²) in [5.41, 5.74) is 7.84. The maximum absolute atomic E-state index is 12.1. The van der Waals surface area contributed by atoms with Crippen LogP contribution in [0.5, 0.6) is 0 Å². The molecule has 7 heteroatoms. The molecule has 2 unspecified atom stereocenters. The van der Waals surface area contributed by atoms with Gasteiger partial charge in [0.05, 0.1) is 11.7 Å². The van der Waals surface area contributed by atoms with Crippen molar-refractivity contribution in [2.45, 2.75) is 46.1 Å². The number of nitrogens with two attached hydrogens (primary N) is 1. The standard InChI is InChI=1S/C17H23N3O3.ClH/c1-4-10(2)16(18)17(23)19-12-5-6-13(11(3)9-12)20-14(21)7-8-15(20)22;/h5-6,9-10,16H,4,7-8,18H2,1-3H3,(H,19,23);1H. The van der Waals surface area contributed by atoms with Crippen molar-refractivity contribution in [3.63, 3.8) is 0 Å². The zero-order valence-electron chi connectivity index (χ0n) is 14.2. The summed E-state index contributed by atoms with van der Waals surface area (Å²) < 4.78 is 0. The van der Waals surface area contributed by atoms with Crippen molar-refractivity contribution >= 4 is 41.5 Å². The van der Waals surface area contributed by atoms with E-state index in [0.29, 0.717) is 11.4 Å². The number of halogens is 1. The van der Waals surface area contributed by atoms with Crippen LogP contribution in [0, 0.1) is 12.8 Å². The van der Waals surface area contributed by atoms with E-state index in [1.165, 1.54) is 4.90 Å². The molecule has 0 aliphatic carbocycles. The average Bonchev–Trinajstić information content (AvgIpc) is 2.85. The summed E-state index contributed by atoms with van der Waals surface area (Å²) in [7, 11) is 0. The lowest BCUT2D eigenvalue weighted by Crippen LogP contribution is -2.40.